The summed E-state index contributed by atoms with van der Waals surface area (Å²) in [6.07, 6.45) is 5.04. The summed E-state index contributed by atoms with van der Waals surface area (Å²) in [6.45, 7) is 0. The molecule has 0 aromatic carbocycles. The second-order valence-electron chi connectivity index (χ2n) is 5.95. The van der Waals surface area contributed by atoms with Crippen LogP contribution in [0.5, 0.6) is 0 Å². The van der Waals surface area contributed by atoms with Crippen LogP contribution in [-0.2, 0) is 6.42 Å². The summed E-state index contributed by atoms with van der Waals surface area (Å²) in [7, 11) is 0. The van der Waals surface area contributed by atoms with Crippen molar-refractivity contribution in [3.63, 3.8) is 0 Å². The number of carbonyl (C=O) groups excluding carboxylic acids is 1. The molecular weight excluding hydrogens is 354 g/mol. The molecule has 0 aliphatic carbocycles. The van der Waals surface area contributed by atoms with E-state index in [9.17, 15) is 9.18 Å². The Labute approximate surface area is 147 Å². The number of urea groups is 1. The Kier molecular flexibility index (Phi) is 3.81. The molecule has 2 atom stereocenters. The minimum atomic E-state index is -0.432. The van der Waals surface area contributed by atoms with Gasteiger partial charge in [-0.05, 0) is 37.0 Å². The molecule has 2 aliphatic rings. The summed E-state index contributed by atoms with van der Waals surface area (Å²) in [4.78, 5) is 22.1. The van der Waals surface area contributed by atoms with Crippen molar-refractivity contribution in [2.45, 2.75) is 31.3 Å². The molecule has 0 radical (unpaired) electrons. The average Bonchev–Trinajstić information content (AvgIpc) is 2.87. The second-order valence-corrected chi connectivity index (χ2v) is 6.72. The molecule has 1 fully saturated rings. The minimum absolute atomic E-state index is 0.0306. The molecule has 0 spiro atoms. The van der Waals surface area contributed by atoms with Crippen LogP contribution in [0.4, 0.5) is 14.9 Å². The number of nitrogens with one attached hydrogen (secondary N) is 1. The first-order chi connectivity index (χ1) is 11.5. The quantitative estimate of drug-likeness (QED) is 0.768. The lowest BCUT2D eigenvalue weighted by atomic mass is 9.95. The normalized spacial score (nSPS) is 21.5. The molecule has 1 saturated heterocycles. The Morgan fingerprint density at radius 2 is 2.17 bits per heavy atom. The van der Waals surface area contributed by atoms with Crippen molar-refractivity contribution in [2.75, 3.05) is 5.32 Å². The first-order valence-electron chi connectivity index (χ1n) is 7.58. The number of halogens is 3. The molecule has 0 unspecified atom stereocenters. The molecule has 124 valence electrons. The van der Waals surface area contributed by atoms with Crippen LogP contribution in [0, 0.1) is 5.95 Å². The lowest BCUT2D eigenvalue weighted by Crippen LogP contribution is -2.44. The SMILES string of the molecule is O=C(Nc1cnc(Cl)c(Cl)c1)N1[C@@H]2CC[C@H]1c1ccnc(F)c1C2. The fraction of sp³-hybridized carbons (Fsp3) is 0.312. The van der Waals surface area contributed by atoms with Crippen LogP contribution >= 0.6 is 23.2 Å². The van der Waals surface area contributed by atoms with Gasteiger partial charge in [0.25, 0.3) is 0 Å². The predicted octanol–water partition coefficient (Wildman–Crippen LogP) is 4.22. The monoisotopic (exact) mass is 366 g/mol. The van der Waals surface area contributed by atoms with Crippen LogP contribution in [0.2, 0.25) is 10.2 Å². The molecule has 1 N–H and O–H groups in total. The third-order valence-electron chi connectivity index (χ3n) is 4.62. The summed E-state index contributed by atoms with van der Waals surface area (Å²) in [5.74, 6) is -0.432. The Balaban J connectivity index is 1.61. The lowest BCUT2D eigenvalue weighted by molar-refractivity contribution is 0.178. The summed E-state index contributed by atoms with van der Waals surface area (Å²) in [5, 5.41) is 3.26. The van der Waals surface area contributed by atoms with Gasteiger partial charge in [0.15, 0.2) is 0 Å². The number of anilines is 1. The number of amides is 2. The number of carbonyl (C=O) groups is 1. The third kappa shape index (κ3) is 2.50. The Hall–Kier alpha value is -1.92. The fourth-order valence-electron chi connectivity index (χ4n) is 3.60. The van der Waals surface area contributed by atoms with E-state index in [4.69, 9.17) is 23.2 Å². The zero-order valence-corrected chi connectivity index (χ0v) is 14.0. The molecule has 2 amide bonds. The maximum absolute atomic E-state index is 13.9. The Bertz CT molecular complexity index is 832. The molecule has 2 aromatic rings. The number of rotatable bonds is 1. The topological polar surface area (TPSA) is 58.1 Å². The molecule has 8 heteroatoms. The highest BCUT2D eigenvalue weighted by atomic mass is 35.5. The lowest BCUT2D eigenvalue weighted by Gasteiger charge is -2.36. The zero-order chi connectivity index (χ0) is 16.8. The van der Waals surface area contributed by atoms with Crippen LogP contribution < -0.4 is 5.32 Å². The minimum Gasteiger partial charge on any atom is -0.314 e. The molecule has 2 aromatic heterocycles. The van der Waals surface area contributed by atoms with E-state index in [2.05, 4.69) is 15.3 Å². The van der Waals surface area contributed by atoms with Gasteiger partial charge in [0.2, 0.25) is 5.95 Å². The van der Waals surface area contributed by atoms with Gasteiger partial charge in [-0.25, -0.2) is 14.8 Å². The van der Waals surface area contributed by atoms with Crippen molar-refractivity contribution < 1.29 is 9.18 Å². The Morgan fingerprint density at radius 1 is 1.33 bits per heavy atom. The summed E-state index contributed by atoms with van der Waals surface area (Å²) in [5.41, 5.74) is 1.95. The van der Waals surface area contributed by atoms with Crippen LogP contribution in [0.15, 0.2) is 24.5 Å². The third-order valence-corrected chi connectivity index (χ3v) is 5.31. The number of pyridine rings is 2. The van der Waals surface area contributed by atoms with E-state index < -0.39 is 5.95 Å². The smallest absolute Gasteiger partial charge is 0.314 e. The largest absolute Gasteiger partial charge is 0.322 e. The molecule has 2 aliphatic heterocycles. The van der Waals surface area contributed by atoms with Gasteiger partial charge in [0.05, 0.1) is 22.9 Å². The number of aromatic nitrogens is 2. The summed E-state index contributed by atoms with van der Waals surface area (Å²) in [6, 6.07) is 2.94. The highest BCUT2D eigenvalue weighted by Gasteiger charge is 2.43. The highest BCUT2D eigenvalue weighted by Crippen LogP contribution is 2.44. The van der Waals surface area contributed by atoms with Crippen molar-refractivity contribution in [2.24, 2.45) is 0 Å². The number of nitrogens with zero attached hydrogens (tertiary/aromatic N) is 3. The fourth-order valence-corrected chi connectivity index (χ4v) is 3.87. The van der Waals surface area contributed by atoms with Gasteiger partial charge in [-0.2, -0.15) is 4.39 Å². The van der Waals surface area contributed by atoms with Gasteiger partial charge in [0, 0.05) is 17.8 Å². The van der Waals surface area contributed by atoms with Crippen molar-refractivity contribution in [3.05, 3.63) is 51.8 Å². The van der Waals surface area contributed by atoms with Crippen LogP contribution in [-0.4, -0.2) is 26.9 Å². The zero-order valence-electron chi connectivity index (χ0n) is 12.5. The molecular formula is C16H13Cl2FN4O. The average molecular weight is 367 g/mol. The number of hydrogen-bond acceptors (Lipinski definition) is 3. The molecule has 2 bridgehead atoms. The molecule has 0 saturated carbocycles. The van der Waals surface area contributed by atoms with Gasteiger partial charge in [-0.3, -0.25) is 0 Å². The first-order valence-corrected chi connectivity index (χ1v) is 8.34. The second kappa shape index (κ2) is 5.86. The summed E-state index contributed by atoms with van der Waals surface area (Å²) < 4.78 is 13.9. The van der Waals surface area contributed by atoms with E-state index in [1.807, 2.05) is 0 Å². The van der Waals surface area contributed by atoms with Gasteiger partial charge in [-0.15, -0.1) is 0 Å². The summed E-state index contributed by atoms with van der Waals surface area (Å²) >= 11 is 11.7. The van der Waals surface area contributed by atoms with Crippen LogP contribution in [0.3, 0.4) is 0 Å². The van der Waals surface area contributed by atoms with Crippen LogP contribution in [0.1, 0.15) is 30.0 Å². The van der Waals surface area contributed by atoms with E-state index in [-0.39, 0.29) is 28.3 Å². The molecule has 24 heavy (non-hydrogen) atoms. The maximum Gasteiger partial charge on any atom is 0.322 e. The van der Waals surface area contributed by atoms with Gasteiger partial charge in [-0.1, -0.05) is 23.2 Å². The molecule has 4 heterocycles. The molecule has 5 nitrogen and oxygen atoms in total. The van der Waals surface area contributed by atoms with Crippen LogP contribution in [0.25, 0.3) is 0 Å². The van der Waals surface area contributed by atoms with Gasteiger partial charge >= 0.3 is 6.03 Å². The first kappa shape index (κ1) is 15.6. The Morgan fingerprint density at radius 3 is 2.96 bits per heavy atom. The van der Waals surface area contributed by atoms with E-state index in [1.54, 1.807) is 17.0 Å². The van der Waals surface area contributed by atoms with Gasteiger partial charge < -0.3 is 10.2 Å². The van der Waals surface area contributed by atoms with Crippen molar-refractivity contribution in [3.8, 4) is 0 Å². The number of fused-ring (bicyclic) bond motifs is 4. The van der Waals surface area contributed by atoms with E-state index in [0.29, 0.717) is 17.7 Å². The maximum atomic E-state index is 13.9. The van der Waals surface area contributed by atoms with E-state index >= 15 is 0 Å². The van der Waals surface area contributed by atoms with E-state index in [1.165, 1.54) is 12.4 Å². The predicted molar refractivity (Wildman–Crippen MR) is 88.8 cm³/mol. The highest BCUT2D eigenvalue weighted by molar-refractivity contribution is 6.41. The van der Waals surface area contributed by atoms with Crippen molar-refractivity contribution >= 4 is 34.9 Å². The van der Waals surface area contributed by atoms with Crippen molar-refractivity contribution in [1.82, 2.24) is 14.9 Å². The van der Waals surface area contributed by atoms with Gasteiger partial charge in [0.1, 0.15) is 5.15 Å². The molecule has 4 rings (SSSR count). The standard InChI is InChI=1S/C16H13Cl2FN4O/c17-12-5-8(7-21-14(12)18)22-16(24)23-9-1-2-13(23)10-3-4-20-15(19)11(10)6-9/h3-5,7,9,13H,1-2,6H2,(H,22,24)/t9-,13+/m1/s1. The van der Waals surface area contributed by atoms with Crippen molar-refractivity contribution in [1.29, 1.82) is 0 Å². The number of hydrogen-bond donors (Lipinski definition) is 1. The van der Waals surface area contributed by atoms with E-state index in [0.717, 1.165) is 18.4 Å².